The maximum absolute atomic E-state index is 14.0. The summed E-state index contributed by atoms with van der Waals surface area (Å²) >= 11 is 0. The number of carbonyl (C=O) groups excluding carboxylic acids is 4. The number of anilines is 1. The lowest BCUT2D eigenvalue weighted by atomic mass is 9.55. The summed E-state index contributed by atoms with van der Waals surface area (Å²) in [5, 5.41) is 10.8. The molecule has 2 atom stereocenters. The van der Waals surface area contributed by atoms with Crippen LogP contribution in [0.25, 0.3) is 0 Å². The van der Waals surface area contributed by atoms with Gasteiger partial charge in [-0.3, -0.25) is 24.5 Å². The molecular formula is C33H22N2O7. The molecule has 206 valence electrons. The van der Waals surface area contributed by atoms with Gasteiger partial charge in [-0.05, 0) is 52.6 Å². The van der Waals surface area contributed by atoms with Crippen molar-refractivity contribution in [3.63, 3.8) is 0 Å². The average molecular weight is 559 g/mol. The molecule has 1 fully saturated rings. The van der Waals surface area contributed by atoms with Crippen LogP contribution in [0.15, 0.2) is 97.1 Å². The first kappa shape index (κ1) is 25.5. The van der Waals surface area contributed by atoms with Crippen LogP contribution in [0.1, 0.15) is 54.8 Å². The molecule has 3 aliphatic carbocycles. The van der Waals surface area contributed by atoms with Crippen molar-refractivity contribution >= 4 is 34.9 Å². The molecule has 0 saturated carbocycles. The van der Waals surface area contributed by atoms with E-state index < -0.39 is 35.1 Å². The van der Waals surface area contributed by atoms with Gasteiger partial charge < -0.3 is 4.74 Å². The molecule has 1 aliphatic heterocycles. The molecule has 0 spiro atoms. The molecule has 4 aromatic rings. The van der Waals surface area contributed by atoms with Gasteiger partial charge in [0.25, 0.3) is 5.69 Å². The second kappa shape index (κ2) is 9.59. The molecule has 0 unspecified atom stereocenters. The number of nitrogens with zero attached hydrogens (tertiary/aromatic N) is 2. The molecule has 8 rings (SSSR count). The maximum atomic E-state index is 14.0. The summed E-state index contributed by atoms with van der Waals surface area (Å²) in [5.41, 5.74) is 4.63. The number of Topliss-reactive ketones (excluding diaryl/α,β-unsaturated/α-hetero) is 1. The van der Waals surface area contributed by atoms with Gasteiger partial charge in [-0.2, -0.15) is 0 Å². The van der Waals surface area contributed by atoms with Crippen molar-refractivity contribution in [1.82, 2.24) is 0 Å². The number of non-ortho nitro benzene ring substituents is 1. The van der Waals surface area contributed by atoms with Crippen LogP contribution in [-0.2, 0) is 14.3 Å². The van der Waals surface area contributed by atoms with Crippen LogP contribution in [-0.4, -0.2) is 35.1 Å². The number of hydrogen-bond acceptors (Lipinski definition) is 7. The largest absolute Gasteiger partial charge is 0.454 e. The monoisotopic (exact) mass is 558 g/mol. The Morgan fingerprint density at radius 1 is 0.714 bits per heavy atom. The minimum atomic E-state index is -0.802. The first-order valence-corrected chi connectivity index (χ1v) is 13.5. The number of rotatable bonds is 6. The van der Waals surface area contributed by atoms with Gasteiger partial charge >= 0.3 is 5.97 Å². The maximum Gasteiger partial charge on any atom is 0.338 e. The highest BCUT2D eigenvalue weighted by molar-refractivity contribution is 6.23. The van der Waals surface area contributed by atoms with Crippen LogP contribution >= 0.6 is 0 Å². The van der Waals surface area contributed by atoms with Gasteiger partial charge in [0.15, 0.2) is 12.4 Å². The van der Waals surface area contributed by atoms with Gasteiger partial charge in [-0.15, -0.1) is 0 Å². The summed E-state index contributed by atoms with van der Waals surface area (Å²) in [6.07, 6.45) is 0. The van der Waals surface area contributed by atoms with Crippen LogP contribution in [0, 0.1) is 22.0 Å². The summed E-state index contributed by atoms with van der Waals surface area (Å²) in [5.74, 6) is -3.53. The lowest BCUT2D eigenvalue weighted by Gasteiger charge is -2.45. The Bertz CT molecular complexity index is 1710. The molecule has 2 amide bonds. The molecule has 2 bridgehead atoms. The highest BCUT2D eigenvalue weighted by Crippen LogP contribution is 2.61. The van der Waals surface area contributed by atoms with Crippen molar-refractivity contribution in [2.75, 3.05) is 11.5 Å². The Balaban J connectivity index is 1.14. The predicted molar refractivity (Wildman–Crippen MR) is 150 cm³/mol. The Morgan fingerprint density at radius 2 is 1.24 bits per heavy atom. The van der Waals surface area contributed by atoms with E-state index in [0.717, 1.165) is 22.3 Å². The molecule has 9 nitrogen and oxygen atoms in total. The van der Waals surface area contributed by atoms with Crippen LogP contribution in [0.3, 0.4) is 0 Å². The van der Waals surface area contributed by atoms with Crippen molar-refractivity contribution in [3.05, 3.63) is 141 Å². The highest BCUT2D eigenvalue weighted by atomic mass is 16.6. The summed E-state index contributed by atoms with van der Waals surface area (Å²) < 4.78 is 5.21. The zero-order chi connectivity index (χ0) is 29.1. The average Bonchev–Trinajstić information content (AvgIpc) is 3.29. The van der Waals surface area contributed by atoms with Crippen LogP contribution < -0.4 is 4.90 Å². The van der Waals surface area contributed by atoms with Gasteiger partial charge in [0.2, 0.25) is 11.8 Å². The zero-order valence-electron chi connectivity index (χ0n) is 22.0. The Morgan fingerprint density at radius 3 is 1.74 bits per heavy atom. The molecular weight excluding hydrogens is 536 g/mol. The molecule has 4 aromatic carbocycles. The standard InChI is InChI=1S/C33H22N2O7/c36-26(18-12-14-20(15-13-18)35(40)41)17-42-33(39)19-6-5-7-21(16-19)34-31(37)29-27-22-8-1-2-9-23(22)28(30(29)32(34)38)25-11-4-3-10-24(25)27/h1-16,27-30H,17H2/t27?,28?,29-,30+. The number of nitro groups is 1. The number of hydrogen-bond donors (Lipinski definition) is 0. The van der Waals surface area contributed by atoms with Crippen molar-refractivity contribution in [1.29, 1.82) is 0 Å². The smallest absolute Gasteiger partial charge is 0.338 e. The van der Waals surface area contributed by atoms with E-state index in [1.807, 2.05) is 48.5 Å². The van der Waals surface area contributed by atoms with Crippen molar-refractivity contribution in [3.8, 4) is 0 Å². The molecule has 0 N–H and O–H groups in total. The number of ketones is 1. The molecule has 0 aromatic heterocycles. The normalized spacial score (nSPS) is 21.4. The van der Waals surface area contributed by atoms with Gasteiger partial charge in [-0.1, -0.05) is 54.6 Å². The number of amides is 2. The lowest BCUT2D eigenvalue weighted by molar-refractivity contribution is -0.384. The van der Waals surface area contributed by atoms with E-state index in [9.17, 15) is 29.3 Å². The fraction of sp³-hybridized carbons (Fsp3) is 0.152. The zero-order valence-corrected chi connectivity index (χ0v) is 22.0. The third kappa shape index (κ3) is 3.77. The van der Waals surface area contributed by atoms with Gasteiger partial charge in [0.1, 0.15) is 0 Å². The number of nitro benzene ring substituents is 1. The minimum Gasteiger partial charge on any atom is -0.454 e. The van der Waals surface area contributed by atoms with Crippen molar-refractivity contribution in [2.45, 2.75) is 11.8 Å². The lowest BCUT2D eigenvalue weighted by Crippen LogP contribution is -2.41. The topological polar surface area (TPSA) is 124 Å². The second-order valence-electron chi connectivity index (χ2n) is 10.6. The molecule has 9 heteroatoms. The first-order valence-electron chi connectivity index (χ1n) is 13.5. The molecule has 1 heterocycles. The van der Waals surface area contributed by atoms with Crippen LogP contribution in [0.5, 0.6) is 0 Å². The van der Waals surface area contributed by atoms with Crippen LogP contribution in [0.2, 0.25) is 0 Å². The van der Waals surface area contributed by atoms with E-state index in [1.54, 1.807) is 12.1 Å². The van der Waals surface area contributed by atoms with E-state index in [2.05, 4.69) is 0 Å². The van der Waals surface area contributed by atoms with E-state index in [0.29, 0.717) is 0 Å². The number of esters is 1. The minimum absolute atomic E-state index is 0.0778. The number of imide groups is 1. The predicted octanol–water partition coefficient (Wildman–Crippen LogP) is 5.03. The van der Waals surface area contributed by atoms with Crippen molar-refractivity contribution < 1.29 is 28.8 Å². The molecule has 1 saturated heterocycles. The Kier molecular flexibility index (Phi) is 5.83. The third-order valence-corrected chi connectivity index (χ3v) is 8.52. The van der Waals surface area contributed by atoms with E-state index >= 15 is 0 Å². The third-order valence-electron chi connectivity index (χ3n) is 8.52. The summed E-state index contributed by atoms with van der Waals surface area (Å²) in [6, 6.07) is 27.0. The van der Waals surface area contributed by atoms with Gasteiger partial charge in [-0.25, -0.2) is 9.69 Å². The molecule has 4 aliphatic rings. The van der Waals surface area contributed by atoms with E-state index in [1.165, 1.54) is 41.3 Å². The summed E-state index contributed by atoms with van der Waals surface area (Å²) in [7, 11) is 0. The first-order chi connectivity index (χ1) is 20.3. The number of carbonyl (C=O) groups is 4. The molecule has 0 radical (unpaired) electrons. The van der Waals surface area contributed by atoms with Gasteiger partial charge in [0, 0.05) is 29.5 Å². The number of benzene rings is 4. The van der Waals surface area contributed by atoms with Gasteiger partial charge in [0.05, 0.1) is 28.0 Å². The van der Waals surface area contributed by atoms with Crippen molar-refractivity contribution in [2.24, 2.45) is 11.8 Å². The summed E-state index contributed by atoms with van der Waals surface area (Å²) in [4.78, 5) is 64.8. The second-order valence-corrected chi connectivity index (χ2v) is 10.6. The quantitative estimate of drug-likeness (QED) is 0.107. The van der Waals surface area contributed by atoms with E-state index in [-0.39, 0.29) is 46.2 Å². The Labute approximate surface area is 239 Å². The van der Waals surface area contributed by atoms with E-state index in [4.69, 9.17) is 4.74 Å². The SMILES string of the molecule is O=C(COC(=O)c1cccc(N2C(=O)[C@@H]3C4c5ccccc5C(c5ccccc54)[C@@H]3C2=O)c1)c1ccc([N+](=O)[O-])cc1. The Hall–Kier alpha value is -5.44. The fourth-order valence-electron chi connectivity index (χ4n) is 6.77. The molecule has 42 heavy (non-hydrogen) atoms. The highest BCUT2D eigenvalue weighted by Gasteiger charge is 2.61. The fourth-order valence-corrected chi connectivity index (χ4v) is 6.77. The summed E-state index contributed by atoms with van der Waals surface area (Å²) in [6.45, 7) is -0.577. The number of ether oxygens (including phenoxy) is 1. The van der Waals surface area contributed by atoms with Crippen LogP contribution in [0.4, 0.5) is 11.4 Å².